The number of rotatable bonds is 6. The Morgan fingerprint density at radius 1 is 1.14 bits per heavy atom. The number of hydrogen-bond donors (Lipinski definition) is 0. The summed E-state index contributed by atoms with van der Waals surface area (Å²) in [6, 6.07) is 4.71. The van der Waals surface area contributed by atoms with Gasteiger partial charge in [0.25, 0.3) is 0 Å². The fourth-order valence-electron chi connectivity index (χ4n) is 3.95. The summed E-state index contributed by atoms with van der Waals surface area (Å²) >= 11 is 0. The van der Waals surface area contributed by atoms with Gasteiger partial charge in [-0.3, -0.25) is 0 Å². The van der Waals surface area contributed by atoms with E-state index in [0.29, 0.717) is 0 Å². The van der Waals surface area contributed by atoms with Crippen molar-refractivity contribution in [3.63, 3.8) is 0 Å². The first-order valence-electron chi connectivity index (χ1n) is 9.46. The third kappa shape index (κ3) is 4.24. The second-order valence-corrected chi connectivity index (χ2v) is 7.11. The van der Waals surface area contributed by atoms with Gasteiger partial charge in [-0.15, -0.1) is 0 Å². The molecule has 0 spiro atoms. The zero-order valence-corrected chi connectivity index (χ0v) is 15.2. The summed E-state index contributed by atoms with van der Waals surface area (Å²) in [5.41, 5.74) is 7.78. The molecule has 1 aromatic rings. The molecule has 0 nitrogen and oxygen atoms in total. The Balaban J connectivity index is 2.31. The highest BCUT2D eigenvalue weighted by atomic mass is 14.2. The van der Waals surface area contributed by atoms with E-state index in [1.54, 1.807) is 16.7 Å². The minimum Gasteiger partial charge on any atom is -0.0696 e. The van der Waals surface area contributed by atoms with Crippen molar-refractivity contribution < 1.29 is 0 Å². The van der Waals surface area contributed by atoms with Crippen molar-refractivity contribution in [1.29, 1.82) is 0 Å². The molecule has 2 rings (SSSR count). The first-order valence-corrected chi connectivity index (χ1v) is 9.46. The van der Waals surface area contributed by atoms with Gasteiger partial charge in [-0.1, -0.05) is 63.3 Å². The average Bonchev–Trinajstić information content (AvgIpc) is 2.56. The Bertz CT molecular complexity index is 501. The lowest BCUT2D eigenvalue weighted by Crippen LogP contribution is -2.08. The van der Waals surface area contributed by atoms with E-state index in [4.69, 9.17) is 0 Å². The molecule has 0 aromatic heterocycles. The molecule has 22 heavy (non-hydrogen) atoms. The van der Waals surface area contributed by atoms with Gasteiger partial charge in [-0.05, 0) is 74.1 Å². The number of allylic oxidation sites excluding steroid dienone is 1. The number of unbranched alkanes of at least 4 members (excludes halogenated alkanes) is 1. The van der Waals surface area contributed by atoms with E-state index < -0.39 is 0 Å². The Labute approximate surface area is 138 Å². The van der Waals surface area contributed by atoms with E-state index in [1.807, 2.05) is 0 Å². The first-order chi connectivity index (χ1) is 10.7. The van der Waals surface area contributed by atoms with Gasteiger partial charge in [0.05, 0.1) is 0 Å². The number of hydrogen-bond acceptors (Lipinski definition) is 0. The molecule has 0 heterocycles. The number of aryl methyl sites for hydroxylation is 2. The van der Waals surface area contributed by atoms with Crippen molar-refractivity contribution in [3.05, 3.63) is 40.0 Å². The van der Waals surface area contributed by atoms with Crippen LogP contribution in [0.5, 0.6) is 0 Å². The molecule has 1 aliphatic rings. The van der Waals surface area contributed by atoms with Gasteiger partial charge < -0.3 is 0 Å². The van der Waals surface area contributed by atoms with Crippen molar-refractivity contribution in [2.24, 2.45) is 5.92 Å². The van der Waals surface area contributed by atoms with Crippen molar-refractivity contribution in [2.75, 3.05) is 0 Å². The SMILES string of the molecule is CCCCc1ccc(C)c(/C=C(\C)C2CCCCC2)c1CC. The van der Waals surface area contributed by atoms with Crippen LogP contribution in [0.4, 0.5) is 0 Å². The molecule has 0 aliphatic heterocycles. The number of benzene rings is 1. The Morgan fingerprint density at radius 2 is 1.86 bits per heavy atom. The monoisotopic (exact) mass is 298 g/mol. The predicted octanol–water partition coefficient (Wildman–Crippen LogP) is 6.88. The maximum absolute atomic E-state index is 2.53. The van der Waals surface area contributed by atoms with Gasteiger partial charge in [-0.25, -0.2) is 0 Å². The van der Waals surface area contributed by atoms with Gasteiger partial charge in [0, 0.05) is 0 Å². The van der Waals surface area contributed by atoms with Crippen LogP contribution in [0, 0.1) is 12.8 Å². The van der Waals surface area contributed by atoms with Crippen molar-refractivity contribution in [2.45, 2.75) is 85.5 Å². The summed E-state index contributed by atoms with van der Waals surface area (Å²) in [5, 5.41) is 0. The van der Waals surface area contributed by atoms with E-state index in [-0.39, 0.29) is 0 Å². The molecule has 0 heteroatoms. The quantitative estimate of drug-likeness (QED) is 0.536. The smallest absolute Gasteiger partial charge is 0.0193 e. The van der Waals surface area contributed by atoms with E-state index in [1.165, 1.54) is 62.5 Å². The van der Waals surface area contributed by atoms with Crippen LogP contribution in [0.3, 0.4) is 0 Å². The second kappa shape index (κ2) is 8.56. The third-order valence-corrected chi connectivity index (χ3v) is 5.45. The van der Waals surface area contributed by atoms with E-state index in [0.717, 1.165) is 12.3 Å². The predicted molar refractivity (Wildman–Crippen MR) is 99.4 cm³/mol. The summed E-state index contributed by atoms with van der Waals surface area (Å²) in [7, 11) is 0. The molecule has 0 bridgehead atoms. The lowest BCUT2D eigenvalue weighted by molar-refractivity contribution is 0.404. The molecular formula is C22H34. The average molecular weight is 299 g/mol. The molecule has 1 aliphatic carbocycles. The first kappa shape index (κ1) is 17.3. The second-order valence-electron chi connectivity index (χ2n) is 7.11. The molecule has 1 fully saturated rings. The van der Waals surface area contributed by atoms with Crippen molar-refractivity contribution in [1.82, 2.24) is 0 Å². The lowest BCUT2D eigenvalue weighted by atomic mass is 9.82. The summed E-state index contributed by atoms with van der Waals surface area (Å²) < 4.78 is 0. The minimum absolute atomic E-state index is 0.831. The Hall–Kier alpha value is -1.04. The molecule has 0 saturated heterocycles. The lowest BCUT2D eigenvalue weighted by Gasteiger charge is -2.23. The molecule has 0 atom stereocenters. The summed E-state index contributed by atoms with van der Waals surface area (Å²) in [6.07, 6.45) is 14.6. The highest BCUT2D eigenvalue weighted by Crippen LogP contribution is 2.32. The fourth-order valence-corrected chi connectivity index (χ4v) is 3.95. The zero-order valence-electron chi connectivity index (χ0n) is 15.2. The fraction of sp³-hybridized carbons (Fsp3) is 0.636. The molecule has 1 saturated carbocycles. The van der Waals surface area contributed by atoms with Gasteiger partial charge in [0.15, 0.2) is 0 Å². The molecular weight excluding hydrogens is 264 g/mol. The summed E-state index contributed by atoms with van der Waals surface area (Å²) in [4.78, 5) is 0. The molecule has 0 unspecified atom stereocenters. The Kier molecular flexibility index (Phi) is 6.73. The summed E-state index contributed by atoms with van der Waals surface area (Å²) in [5.74, 6) is 0.831. The van der Waals surface area contributed by atoms with Gasteiger partial charge in [-0.2, -0.15) is 0 Å². The summed E-state index contributed by atoms with van der Waals surface area (Å²) in [6.45, 7) is 9.25. The zero-order chi connectivity index (χ0) is 15.9. The van der Waals surface area contributed by atoms with Crippen LogP contribution in [-0.4, -0.2) is 0 Å². The van der Waals surface area contributed by atoms with E-state index >= 15 is 0 Å². The highest BCUT2D eigenvalue weighted by molar-refractivity contribution is 5.62. The van der Waals surface area contributed by atoms with E-state index in [2.05, 4.69) is 45.9 Å². The Morgan fingerprint density at radius 3 is 2.50 bits per heavy atom. The highest BCUT2D eigenvalue weighted by Gasteiger charge is 2.16. The van der Waals surface area contributed by atoms with Crippen LogP contribution < -0.4 is 0 Å². The normalized spacial score (nSPS) is 17.0. The topological polar surface area (TPSA) is 0 Å². The van der Waals surface area contributed by atoms with Crippen molar-refractivity contribution >= 4 is 6.08 Å². The largest absolute Gasteiger partial charge is 0.0696 e. The molecule has 0 amide bonds. The van der Waals surface area contributed by atoms with E-state index in [9.17, 15) is 0 Å². The maximum atomic E-state index is 2.53. The molecule has 0 N–H and O–H groups in total. The molecule has 122 valence electrons. The van der Waals surface area contributed by atoms with Gasteiger partial charge in [0.1, 0.15) is 0 Å². The van der Waals surface area contributed by atoms with Gasteiger partial charge >= 0.3 is 0 Å². The standard InChI is InChI=1S/C22H34/c1-5-7-11-20-15-14-17(3)22(21(20)6-2)16-18(4)19-12-9-8-10-13-19/h14-16,19H,5-13H2,1-4H3/b18-16+. The molecule has 1 aromatic carbocycles. The van der Waals surface area contributed by atoms with Crippen LogP contribution in [-0.2, 0) is 12.8 Å². The van der Waals surface area contributed by atoms with Crippen LogP contribution in [0.1, 0.15) is 88.0 Å². The maximum Gasteiger partial charge on any atom is -0.0193 e. The van der Waals surface area contributed by atoms with Crippen LogP contribution in [0.25, 0.3) is 6.08 Å². The van der Waals surface area contributed by atoms with Gasteiger partial charge in [0.2, 0.25) is 0 Å². The van der Waals surface area contributed by atoms with Crippen molar-refractivity contribution in [3.8, 4) is 0 Å². The van der Waals surface area contributed by atoms with Crippen LogP contribution >= 0.6 is 0 Å². The molecule has 0 radical (unpaired) electrons. The third-order valence-electron chi connectivity index (χ3n) is 5.45. The van der Waals surface area contributed by atoms with Crippen LogP contribution in [0.15, 0.2) is 17.7 Å². The minimum atomic E-state index is 0.831. The van der Waals surface area contributed by atoms with Crippen LogP contribution in [0.2, 0.25) is 0 Å².